The largest absolute Gasteiger partial charge is 0.492 e. The van der Waals surface area contributed by atoms with Crippen LogP contribution in [-0.4, -0.2) is 61.6 Å². The van der Waals surface area contributed by atoms with E-state index in [1.54, 1.807) is 25.3 Å². The topological polar surface area (TPSA) is 87.1 Å². The van der Waals surface area contributed by atoms with Crippen LogP contribution in [0, 0.1) is 0 Å². The van der Waals surface area contributed by atoms with Crippen molar-refractivity contribution in [1.82, 2.24) is 24.4 Å². The molecule has 30 heavy (non-hydrogen) atoms. The summed E-state index contributed by atoms with van der Waals surface area (Å²) < 4.78 is 6.85. The van der Waals surface area contributed by atoms with Gasteiger partial charge in [0.25, 0.3) is 0 Å². The highest BCUT2D eigenvalue weighted by molar-refractivity contribution is 7.17. The Bertz CT molecular complexity index is 1160. The highest BCUT2D eigenvalue weighted by Crippen LogP contribution is 2.40. The molecule has 5 rings (SSSR count). The van der Waals surface area contributed by atoms with Crippen molar-refractivity contribution in [1.29, 1.82) is 0 Å². The van der Waals surface area contributed by atoms with Gasteiger partial charge in [-0.05, 0) is 17.7 Å². The van der Waals surface area contributed by atoms with Crippen molar-refractivity contribution in [3.63, 3.8) is 0 Å². The average molecular weight is 423 g/mol. The molecule has 0 aliphatic carbocycles. The molecular weight excluding hydrogens is 402 g/mol. The van der Waals surface area contributed by atoms with E-state index in [9.17, 15) is 9.90 Å². The maximum atomic E-state index is 11.7. The van der Waals surface area contributed by atoms with Gasteiger partial charge in [-0.1, -0.05) is 41.7 Å². The van der Waals surface area contributed by atoms with E-state index >= 15 is 0 Å². The minimum Gasteiger partial charge on any atom is -0.492 e. The molecule has 8 nitrogen and oxygen atoms in total. The summed E-state index contributed by atoms with van der Waals surface area (Å²) in [7, 11) is 0. The first-order valence-electron chi connectivity index (χ1n) is 9.78. The highest BCUT2D eigenvalue weighted by Gasteiger charge is 2.32. The van der Waals surface area contributed by atoms with Gasteiger partial charge in [0.15, 0.2) is 5.76 Å². The first-order chi connectivity index (χ1) is 14.6. The van der Waals surface area contributed by atoms with Crippen molar-refractivity contribution in [3.05, 3.63) is 59.2 Å². The zero-order chi connectivity index (χ0) is 20.7. The van der Waals surface area contributed by atoms with E-state index in [-0.39, 0.29) is 17.8 Å². The summed E-state index contributed by atoms with van der Waals surface area (Å²) >= 11 is 1.42. The van der Waals surface area contributed by atoms with E-state index < -0.39 is 0 Å². The molecular formula is C21H21N5O3S. The summed E-state index contributed by atoms with van der Waals surface area (Å²) in [5.41, 5.74) is 1.08. The van der Waals surface area contributed by atoms with Gasteiger partial charge in [-0.3, -0.25) is 9.69 Å². The van der Waals surface area contributed by atoms with Crippen LogP contribution in [0.5, 0.6) is 5.88 Å². The Morgan fingerprint density at radius 2 is 1.90 bits per heavy atom. The summed E-state index contributed by atoms with van der Waals surface area (Å²) in [5, 5.41) is 15.5. The summed E-state index contributed by atoms with van der Waals surface area (Å²) in [4.78, 5) is 21.8. The number of furan rings is 1. The fourth-order valence-corrected chi connectivity index (χ4v) is 5.01. The van der Waals surface area contributed by atoms with Crippen molar-refractivity contribution >= 4 is 22.2 Å². The van der Waals surface area contributed by atoms with Gasteiger partial charge in [-0.15, -0.1) is 5.10 Å². The monoisotopic (exact) mass is 423 g/mol. The molecule has 1 aliphatic rings. The minimum absolute atomic E-state index is 0.0863. The molecule has 1 N–H and O–H groups in total. The number of aromatic nitrogens is 3. The molecule has 3 aromatic heterocycles. The van der Waals surface area contributed by atoms with E-state index in [4.69, 9.17) is 4.42 Å². The quantitative estimate of drug-likeness (QED) is 0.543. The van der Waals surface area contributed by atoms with E-state index in [0.29, 0.717) is 29.6 Å². The number of hydrogen-bond acceptors (Lipinski definition) is 7. The number of fused-ring (bicyclic) bond motifs is 1. The number of piperazine rings is 1. The van der Waals surface area contributed by atoms with Crippen LogP contribution in [0.15, 0.2) is 53.1 Å². The smallest absolute Gasteiger partial charge is 0.230 e. The van der Waals surface area contributed by atoms with Crippen LogP contribution < -0.4 is 0 Å². The molecule has 0 saturated carbocycles. The second kappa shape index (κ2) is 7.58. The first-order valence-corrected chi connectivity index (χ1v) is 10.6. The number of benzene rings is 1. The maximum Gasteiger partial charge on any atom is 0.230 e. The summed E-state index contributed by atoms with van der Waals surface area (Å²) in [6.45, 7) is 4.39. The van der Waals surface area contributed by atoms with Gasteiger partial charge in [0, 0.05) is 33.1 Å². The van der Waals surface area contributed by atoms with Crippen LogP contribution in [-0.2, 0) is 4.79 Å². The summed E-state index contributed by atoms with van der Waals surface area (Å²) in [6, 6.07) is 13.5. The van der Waals surface area contributed by atoms with Crippen LogP contribution in [0.25, 0.3) is 16.5 Å². The third-order valence-corrected chi connectivity index (χ3v) is 6.50. The normalized spacial score (nSPS) is 16.2. The van der Waals surface area contributed by atoms with Gasteiger partial charge in [-0.25, -0.2) is 0 Å². The van der Waals surface area contributed by atoms with Gasteiger partial charge in [0.1, 0.15) is 0 Å². The average Bonchev–Trinajstić information content (AvgIpc) is 3.49. The zero-order valence-corrected chi connectivity index (χ0v) is 17.2. The molecule has 0 bridgehead atoms. The third kappa shape index (κ3) is 3.25. The van der Waals surface area contributed by atoms with E-state index in [2.05, 4.69) is 27.1 Å². The number of hydrogen-bond donors (Lipinski definition) is 1. The number of nitrogens with zero attached hydrogens (tertiary/aromatic N) is 5. The number of carbonyl (C=O) groups is 1. The lowest BCUT2D eigenvalue weighted by molar-refractivity contribution is -0.130. The highest BCUT2D eigenvalue weighted by atomic mass is 32.1. The third-order valence-electron chi connectivity index (χ3n) is 5.43. The van der Waals surface area contributed by atoms with Crippen LogP contribution in [0.1, 0.15) is 23.4 Å². The Hall–Kier alpha value is -3.17. The fraction of sp³-hybridized carbons (Fsp3) is 0.286. The molecule has 9 heteroatoms. The number of aromatic hydroxyl groups is 1. The van der Waals surface area contributed by atoms with Crippen molar-refractivity contribution < 1.29 is 14.3 Å². The molecule has 1 atom stereocenters. The molecule has 1 aromatic carbocycles. The Labute approximate surface area is 177 Å². The molecule has 1 amide bonds. The standard InChI is InChI=1S/C21H21N5O3S/c1-14(27)24-9-11-25(12-10-24)17(15-6-3-2-4-7-15)18-20(28)26-21(30-18)22-19(23-26)16-8-5-13-29-16/h2-8,13,17,28H,9-12H2,1H3. The second-order valence-electron chi connectivity index (χ2n) is 7.25. The number of rotatable bonds is 4. The Balaban J connectivity index is 1.53. The van der Waals surface area contributed by atoms with Crippen molar-refractivity contribution in [2.24, 2.45) is 0 Å². The Morgan fingerprint density at radius 1 is 1.13 bits per heavy atom. The first kappa shape index (κ1) is 18.8. The van der Waals surface area contributed by atoms with Gasteiger partial charge in [0.2, 0.25) is 22.6 Å². The Morgan fingerprint density at radius 3 is 2.53 bits per heavy atom. The van der Waals surface area contributed by atoms with Crippen LogP contribution in [0.4, 0.5) is 0 Å². The zero-order valence-electron chi connectivity index (χ0n) is 16.4. The second-order valence-corrected chi connectivity index (χ2v) is 8.26. The predicted octanol–water partition coefficient (Wildman–Crippen LogP) is 3.01. The number of thiazole rings is 1. The molecule has 0 radical (unpaired) electrons. The van der Waals surface area contributed by atoms with Gasteiger partial charge in [0.05, 0.1) is 17.2 Å². The van der Waals surface area contributed by atoms with E-state index in [0.717, 1.165) is 23.5 Å². The van der Waals surface area contributed by atoms with Gasteiger partial charge >= 0.3 is 0 Å². The SMILES string of the molecule is CC(=O)N1CCN(C(c2ccccc2)c2sc3nc(-c4ccco4)nn3c2O)CC1. The molecule has 154 valence electrons. The lowest BCUT2D eigenvalue weighted by atomic mass is 10.0. The minimum atomic E-state index is -0.138. The molecule has 0 spiro atoms. The molecule has 1 aliphatic heterocycles. The summed E-state index contributed by atoms with van der Waals surface area (Å²) in [6.07, 6.45) is 1.57. The van der Waals surface area contributed by atoms with Gasteiger partial charge in [-0.2, -0.15) is 9.50 Å². The summed E-state index contributed by atoms with van der Waals surface area (Å²) in [5.74, 6) is 1.19. The van der Waals surface area contributed by atoms with Crippen molar-refractivity contribution in [2.75, 3.05) is 26.2 Å². The van der Waals surface area contributed by atoms with E-state index in [1.165, 1.54) is 15.9 Å². The Kier molecular flexibility index (Phi) is 4.76. The van der Waals surface area contributed by atoms with Gasteiger partial charge < -0.3 is 14.4 Å². The number of carbonyl (C=O) groups excluding carboxylic acids is 1. The lowest BCUT2D eigenvalue weighted by Crippen LogP contribution is -2.49. The van der Waals surface area contributed by atoms with Crippen LogP contribution in [0.3, 0.4) is 0 Å². The predicted molar refractivity (Wildman–Crippen MR) is 112 cm³/mol. The molecule has 4 aromatic rings. The van der Waals surface area contributed by atoms with Crippen molar-refractivity contribution in [2.45, 2.75) is 13.0 Å². The molecule has 1 saturated heterocycles. The molecule has 1 fully saturated rings. The van der Waals surface area contributed by atoms with E-state index in [1.807, 2.05) is 23.1 Å². The maximum absolute atomic E-state index is 11.7. The number of amides is 1. The van der Waals surface area contributed by atoms with Crippen LogP contribution >= 0.6 is 11.3 Å². The van der Waals surface area contributed by atoms with Crippen molar-refractivity contribution in [3.8, 4) is 17.5 Å². The van der Waals surface area contributed by atoms with Crippen LogP contribution in [0.2, 0.25) is 0 Å². The molecule has 4 heterocycles. The lowest BCUT2D eigenvalue weighted by Gasteiger charge is -2.38. The fourth-order valence-electron chi connectivity index (χ4n) is 3.90. The molecule has 1 unspecified atom stereocenters.